The monoisotopic (exact) mass is 518 g/mol. The summed E-state index contributed by atoms with van der Waals surface area (Å²) in [4.78, 5) is 12.4. The van der Waals surface area contributed by atoms with Crippen molar-refractivity contribution in [2.24, 2.45) is 0 Å². The second kappa shape index (κ2) is 10.7. The number of nitrogens with zero attached hydrogens (tertiary/aromatic N) is 5. The Balaban J connectivity index is 0.00000280. The molecule has 2 atom stereocenters. The van der Waals surface area contributed by atoms with E-state index in [-0.39, 0.29) is 24.6 Å². The number of nitriles is 1. The molecule has 6 rings (SSSR count). The van der Waals surface area contributed by atoms with Crippen LogP contribution in [0.5, 0.6) is 0 Å². The van der Waals surface area contributed by atoms with E-state index in [0.717, 1.165) is 81.5 Å². The Kier molecular flexibility index (Phi) is 7.43. The molecule has 8 heteroatoms. The maximum absolute atomic E-state index is 10.4. The Bertz CT molecular complexity index is 1300. The van der Waals surface area contributed by atoms with Gasteiger partial charge in [0.1, 0.15) is 17.7 Å². The normalized spacial score (nSPS) is 21.8. The molecular weight excluding hydrogens is 484 g/mol. The standard InChI is InChI=1S/C29H34N6O.ClH/c1-20-17-35(18-21(2)36-20)28-24-10-13-34(27-9-5-7-22-6-3-4-8-23(22)27)19-26(24)25(16-30)29(32-28)33-14-11-31-12-15-33;/h3-9,20-21,31H,10-15,17-19H2,1-2H3;1H. The van der Waals surface area contributed by atoms with Crippen molar-refractivity contribution in [2.75, 3.05) is 60.5 Å². The van der Waals surface area contributed by atoms with Gasteiger partial charge in [-0.05, 0) is 37.3 Å². The number of morpholine rings is 1. The van der Waals surface area contributed by atoms with E-state index in [0.29, 0.717) is 0 Å². The Morgan fingerprint density at radius 3 is 2.38 bits per heavy atom. The molecule has 0 saturated carbocycles. The molecule has 1 aromatic heterocycles. The van der Waals surface area contributed by atoms with Gasteiger partial charge in [-0.25, -0.2) is 4.98 Å². The van der Waals surface area contributed by atoms with Crippen LogP contribution < -0.4 is 20.0 Å². The van der Waals surface area contributed by atoms with Crippen LogP contribution in [0.25, 0.3) is 10.8 Å². The van der Waals surface area contributed by atoms with E-state index in [2.05, 4.69) is 82.4 Å². The summed E-state index contributed by atoms with van der Waals surface area (Å²) in [6, 6.07) is 17.7. The zero-order chi connectivity index (χ0) is 24.6. The second-order valence-corrected chi connectivity index (χ2v) is 10.3. The first-order chi connectivity index (χ1) is 17.6. The minimum Gasteiger partial charge on any atom is -0.372 e. The summed E-state index contributed by atoms with van der Waals surface area (Å²) < 4.78 is 6.04. The third-order valence-electron chi connectivity index (χ3n) is 7.71. The highest BCUT2D eigenvalue weighted by atomic mass is 35.5. The van der Waals surface area contributed by atoms with E-state index in [9.17, 15) is 5.26 Å². The lowest BCUT2D eigenvalue weighted by molar-refractivity contribution is -0.00551. The lowest BCUT2D eigenvalue weighted by Gasteiger charge is -2.40. The van der Waals surface area contributed by atoms with Crippen molar-refractivity contribution in [3.05, 3.63) is 59.2 Å². The average molecular weight is 519 g/mol. The number of hydrogen-bond acceptors (Lipinski definition) is 7. The minimum atomic E-state index is 0. The molecule has 2 fully saturated rings. The van der Waals surface area contributed by atoms with Crippen LogP contribution in [0.2, 0.25) is 0 Å². The summed E-state index contributed by atoms with van der Waals surface area (Å²) in [5.41, 5.74) is 4.36. The lowest BCUT2D eigenvalue weighted by atomic mass is 9.94. The van der Waals surface area contributed by atoms with Gasteiger partial charge in [0.15, 0.2) is 0 Å². The molecule has 0 spiro atoms. The molecule has 0 bridgehead atoms. The van der Waals surface area contributed by atoms with Crippen molar-refractivity contribution >= 4 is 40.5 Å². The maximum atomic E-state index is 10.4. The molecule has 2 aromatic carbocycles. The quantitative estimate of drug-likeness (QED) is 0.559. The molecule has 3 aliphatic heterocycles. The first-order valence-electron chi connectivity index (χ1n) is 13.2. The summed E-state index contributed by atoms with van der Waals surface area (Å²) in [5, 5.41) is 16.4. The molecule has 3 aliphatic rings. The highest BCUT2D eigenvalue weighted by molar-refractivity contribution is 5.94. The van der Waals surface area contributed by atoms with Gasteiger partial charge in [-0.3, -0.25) is 0 Å². The van der Waals surface area contributed by atoms with Gasteiger partial charge < -0.3 is 24.8 Å². The number of piperazine rings is 1. The van der Waals surface area contributed by atoms with Crippen LogP contribution in [0.4, 0.5) is 17.3 Å². The first-order valence-corrected chi connectivity index (χ1v) is 13.2. The van der Waals surface area contributed by atoms with Gasteiger partial charge in [-0.1, -0.05) is 36.4 Å². The van der Waals surface area contributed by atoms with Gasteiger partial charge in [0.25, 0.3) is 0 Å². The molecule has 2 unspecified atom stereocenters. The number of anilines is 3. The Morgan fingerprint density at radius 1 is 0.892 bits per heavy atom. The SMILES string of the molecule is CC1CN(c2nc(N3CCNCC3)c(C#N)c3c2CCN(c2cccc4ccccc24)C3)CC(C)O1.Cl. The molecule has 0 aliphatic carbocycles. The smallest absolute Gasteiger partial charge is 0.149 e. The van der Waals surface area contributed by atoms with E-state index in [1.165, 1.54) is 22.0 Å². The molecule has 37 heavy (non-hydrogen) atoms. The van der Waals surface area contributed by atoms with Gasteiger partial charge in [0.05, 0.1) is 17.8 Å². The van der Waals surface area contributed by atoms with E-state index in [1.807, 2.05) is 0 Å². The molecule has 3 aromatic rings. The fraction of sp³-hybridized carbons (Fsp3) is 0.448. The topological polar surface area (TPSA) is 67.7 Å². The summed E-state index contributed by atoms with van der Waals surface area (Å²) >= 11 is 0. The zero-order valence-corrected chi connectivity index (χ0v) is 22.4. The predicted molar refractivity (Wildman–Crippen MR) is 152 cm³/mol. The summed E-state index contributed by atoms with van der Waals surface area (Å²) in [6.45, 7) is 11.1. The number of benzene rings is 2. The summed E-state index contributed by atoms with van der Waals surface area (Å²) in [6.07, 6.45) is 1.18. The molecule has 7 nitrogen and oxygen atoms in total. The maximum Gasteiger partial charge on any atom is 0.149 e. The van der Waals surface area contributed by atoms with E-state index in [4.69, 9.17) is 9.72 Å². The molecule has 2 saturated heterocycles. The van der Waals surface area contributed by atoms with E-state index in [1.54, 1.807) is 0 Å². The molecule has 4 heterocycles. The van der Waals surface area contributed by atoms with Crippen LogP contribution in [-0.4, -0.2) is 63.0 Å². The van der Waals surface area contributed by atoms with Crippen LogP contribution in [0, 0.1) is 11.3 Å². The van der Waals surface area contributed by atoms with Crippen molar-refractivity contribution in [3.63, 3.8) is 0 Å². The van der Waals surface area contributed by atoms with Crippen LogP contribution >= 0.6 is 12.4 Å². The van der Waals surface area contributed by atoms with Gasteiger partial charge in [-0.2, -0.15) is 5.26 Å². The highest BCUT2D eigenvalue weighted by Crippen LogP contribution is 2.38. The molecule has 0 radical (unpaired) electrons. The highest BCUT2D eigenvalue weighted by Gasteiger charge is 2.33. The molecule has 194 valence electrons. The molecule has 1 N–H and O–H groups in total. The van der Waals surface area contributed by atoms with Crippen molar-refractivity contribution in [1.29, 1.82) is 5.26 Å². The fourth-order valence-corrected chi connectivity index (χ4v) is 6.12. The average Bonchev–Trinajstić information content (AvgIpc) is 2.91. The summed E-state index contributed by atoms with van der Waals surface area (Å²) in [5.74, 6) is 1.90. The zero-order valence-electron chi connectivity index (χ0n) is 21.6. The lowest BCUT2D eigenvalue weighted by Crippen LogP contribution is -2.48. The van der Waals surface area contributed by atoms with Gasteiger partial charge in [0.2, 0.25) is 0 Å². The second-order valence-electron chi connectivity index (χ2n) is 10.3. The number of pyridine rings is 1. The third-order valence-corrected chi connectivity index (χ3v) is 7.71. The molecular formula is C29H35ClN6O. The largest absolute Gasteiger partial charge is 0.372 e. The van der Waals surface area contributed by atoms with Crippen molar-refractivity contribution in [2.45, 2.75) is 39.0 Å². The van der Waals surface area contributed by atoms with Crippen molar-refractivity contribution in [1.82, 2.24) is 10.3 Å². The third kappa shape index (κ3) is 4.82. The molecule has 0 amide bonds. The number of hydrogen-bond donors (Lipinski definition) is 1. The first kappa shape index (κ1) is 25.6. The number of fused-ring (bicyclic) bond motifs is 2. The minimum absolute atomic E-state index is 0. The van der Waals surface area contributed by atoms with Crippen LogP contribution in [0.15, 0.2) is 42.5 Å². The van der Waals surface area contributed by atoms with Crippen LogP contribution in [-0.2, 0) is 17.7 Å². The van der Waals surface area contributed by atoms with Crippen molar-refractivity contribution < 1.29 is 4.74 Å². The number of nitrogens with one attached hydrogen (secondary N) is 1. The van der Waals surface area contributed by atoms with Crippen molar-refractivity contribution in [3.8, 4) is 6.07 Å². The van der Waals surface area contributed by atoms with Crippen LogP contribution in [0.1, 0.15) is 30.5 Å². The van der Waals surface area contributed by atoms with Gasteiger partial charge >= 0.3 is 0 Å². The predicted octanol–water partition coefficient (Wildman–Crippen LogP) is 4.11. The van der Waals surface area contributed by atoms with Gasteiger partial charge in [-0.15, -0.1) is 12.4 Å². The number of halogens is 1. The Morgan fingerprint density at radius 2 is 1.62 bits per heavy atom. The number of aromatic nitrogens is 1. The van der Waals surface area contributed by atoms with E-state index >= 15 is 0 Å². The van der Waals surface area contributed by atoms with E-state index < -0.39 is 0 Å². The van der Waals surface area contributed by atoms with Crippen LogP contribution in [0.3, 0.4) is 0 Å². The summed E-state index contributed by atoms with van der Waals surface area (Å²) in [7, 11) is 0. The Hall–Kier alpha value is -3.05. The fourth-order valence-electron chi connectivity index (χ4n) is 6.12. The van der Waals surface area contributed by atoms with Gasteiger partial charge in [0, 0.05) is 69.0 Å². The number of ether oxygens (including phenoxy) is 1. The Labute approximate surface area is 225 Å². The number of rotatable bonds is 3.